The van der Waals surface area contributed by atoms with E-state index in [9.17, 15) is 9.59 Å². The van der Waals surface area contributed by atoms with E-state index in [1.807, 2.05) is 38.1 Å². The maximum atomic E-state index is 12.9. The van der Waals surface area contributed by atoms with Gasteiger partial charge in [-0.3, -0.25) is 9.59 Å². The standard InChI is InChI=1S/C23H22Cl2N6O2S2/c1-12(2)19(28-21(33)14-9-8-13(24)10-15(14)25)20-29-30-23(31(20)3)34-11-18(32)27-22-26-16-6-4-5-7-17(16)35-22/h4-10,12,19H,11H2,1-3H3,(H,28,33)(H,26,27,32)/t19-/m0/s1. The van der Waals surface area contributed by atoms with Gasteiger partial charge in [0, 0.05) is 12.1 Å². The Hall–Kier alpha value is -2.66. The lowest BCUT2D eigenvalue weighted by Gasteiger charge is -2.22. The predicted molar refractivity (Wildman–Crippen MR) is 141 cm³/mol. The molecule has 0 bridgehead atoms. The average Bonchev–Trinajstić information content (AvgIpc) is 3.38. The van der Waals surface area contributed by atoms with Crippen LogP contribution in [0.15, 0.2) is 47.6 Å². The van der Waals surface area contributed by atoms with Crippen molar-refractivity contribution < 1.29 is 9.59 Å². The molecule has 2 aromatic carbocycles. The first-order valence-corrected chi connectivity index (χ1v) is 13.2. The number of carbonyl (C=O) groups excluding carboxylic acids is 2. The van der Waals surface area contributed by atoms with Crippen LogP contribution in [-0.4, -0.2) is 37.3 Å². The number of hydrogen-bond acceptors (Lipinski definition) is 7. The Morgan fingerprint density at radius 2 is 1.91 bits per heavy atom. The third kappa shape index (κ3) is 5.95. The van der Waals surface area contributed by atoms with Crippen molar-refractivity contribution in [2.45, 2.75) is 25.0 Å². The molecule has 0 saturated carbocycles. The Labute approximate surface area is 220 Å². The quantitative estimate of drug-likeness (QED) is 0.278. The zero-order valence-electron chi connectivity index (χ0n) is 19.1. The molecule has 4 aromatic rings. The molecule has 0 spiro atoms. The summed E-state index contributed by atoms with van der Waals surface area (Å²) in [6.45, 7) is 3.95. The van der Waals surface area contributed by atoms with Crippen LogP contribution in [0.1, 0.15) is 36.1 Å². The summed E-state index contributed by atoms with van der Waals surface area (Å²) in [5.74, 6) is 0.212. The number of halogens is 2. The minimum Gasteiger partial charge on any atom is -0.342 e. The minimum absolute atomic E-state index is 0.0214. The summed E-state index contributed by atoms with van der Waals surface area (Å²) in [6, 6.07) is 12.0. The zero-order valence-corrected chi connectivity index (χ0v) is 22.2. The summed E-state index contributed by atoms with van der Waals surface area (Å²) in [5, 5.41) is 16.2. The van der Waals surface area contributed by atoms with E-state index in [0.717, 1.165) is 10.2 Å². The molecule has 0 fully saturated rings. The molecule has 12 heteroatoms. The number of anilines is 1. The van der Waals surface area contributed by atoms with Gasteiger partial charge in [0.25, 0.3) is 5.91 Å². The lowest BCUT2D eigenvalue weighted by Crippen LogP contribution is -2.33. The average molecular weight is 550 g/mol. The van der Waals surface area contributed by atoms with E-state index in [1.54, 1.807) is 23.7 Å². The molecule has 0 saturated heterocycles. The summed E-state index contributed by atoms with van der Waals surface area (Å²) < 4.78 is 2.79. The fraction of sp³-hybridized carbons (Fsp3) is 0.261. The number of aromatic nitrogens is 4. The van der Waals surface area contributed by atoms with E-state index in [2.05, 4.69) is 25.8 Å². The summed E-state index contributed by atoms with van der Waals surface area (Å²) in [6.07, 6.45) is 0. The van der Waals surface area contributed by atoms with Gasteiger partial charge in [-0.05, 0) is 36.2 Å². The molecule has 2 amide bonds. The Morgan fingerprint density at radius 3 is 2.63 bits per heavy atom. The number of hydrogen-bond donors (Lipinski definition) is 2. The molecular formula is C23H22Cl2N6O2S2. The number of fused-ring (bicyclic) bond motifs is 1. The van der Waals surface area contributed by atoms with E-state index in [-0.39, 0.29) is 28.5 Å². The van der Waals surface area contributed by atoms with Crippen LogP contribution in [0.2, 0.25) is 10.0 Å². The van der Waals surface area contributed by atoms with Gasteiger partial charge in [0.1, 0.15) is 0 Å². The molecule has 182 valence electrons. The number of carbonyl (C=O) groups is 2. The lowest BCUT2D eigenvalue weighted by atomic mass is 10.0. The van der Waals surface area contributed by atoms with E-state index < -0.39 is 6.04 Å². The number of nitrogens with one attached hydrogen (secondary N) is 2. The van der Waals surface area contributed by atoms with Crippen molar-refractivity contribution >= 4 is 73.5 Å². The van der Waals surface area contributed by atoms with Crippen LogP contribution in [0, 0.1) is 5.92 Å². The Bertz CT molecular complexity index is 1350. The molecule has 0 aliphatic heterocycles. The highest BCUT2D eigenvalue weighted by atomic mass is 35.5. The van der Waals surface area contributed by atoms with E-state index >= 15 is 0 Å². The molecule has 0 aliphatic carbocycles. The molecular weight excluding hydrogens is 527 g/mol. The van der Waals surface area contributed by atoms with Gasteiger partial charge in [-0.25, -0.2) is 4.98 Å². The monoisotopic (exact) mass is 548 g/mol. The highest BCUT2D eigenvalue weighted by Crippen LogP contribution is 2.28. The second-order valence-electron chi connectivity index (χ2n) is 8.04. The molecule has 35 heavy (non-hydrogen) atoms. The van der Waals surface area contributed by atoms with E-state index in [4.69, 9.17) is 23.2 Å². The maximum Gasteiger partial charge on any atom is 0.253 e. The van der Waals surface area contributed by atoms with E-state index in [0.29, 0.717) is 26.7 Å². The van der Waals surface area contributed by atoms with Gasteiger partial charge >= 0.3 is 0 Å². The first-order valence-electron chi connectivity index (χ1n) is 10.7. The fourth-order valence-electron chi connectivity index (χ4n) is 3.36. The third-order valence-electron chi connectivity index (χ3n) is 5.15. The zero-order chi connectivity index (χ0) is 25.1. The van der Waals surface area contributed by atoms with Crippen LogP contribution < -0.4 is 10.6 Å². The summed E-state index contributed by atoms with van der Waals surface area (Å²) >= 11 is 14.8. The fourth-order valence-corrected chi connectivity index (χ4v) is 5.45. The molecule has 0 unspecified atom stereocenters. The van der Waals surface area contributed by atoms with Crippen LogP contribution in [0.3, 0.4) is 0 Å². The van der Waals surface area contributed by atoms with Crippen LogP contribution in [0.5, 0.6) is 0 Å². The molecule has 2 heterocycles. The van der Waals surface area contributed by atoms with Gasteiger partial charge in [-0.1, -0.05) is 72.3 Å². The van der Waals surface area contributed by atoms with Crippen molar-refractivity contribution in [3.63, 3.8) is 0 Å². The Kier molecular flexibility index (Phi) is 7.95. The van der Waals surface area contributed by atoms with E-state index in [1.165, 1.54) is 29.2 Å². The molecule has 0 aliphatic rings. The smallest absolute Gasteiger partial charge is 0.253 e. The molecule has 4 rings (SSSR count). The normalized spacial score (nSPS) is 12.2. The number of amides is 2. The van der Waals surface area contributed by atoms with Crippen molar-refractivity contribution in [3.05, 3.63) is 63.9 Å². The van der Waals surface area contributed by atoms with Crippen molar-refractivity contribution in [1.82, 2.24) is 25.1 Å². The minimum atomic E-state index is -0.419. The summed E-state index contributed by atoms with van der Waals surface area (Å²) in [5.41, 5.74) is 1.17. The molecule has 0 radical (unpaired) electrons. The summed E-state index contributed by atoms with van der Waals surface area (Å²) in [4.78, 5) is 29.8. The largest absolute Gasteiger partial charge is 0.342 e. The van der Waals surface area contributed by atoms with Crippen LogP contribution in [-0.2, 0) is 11.8 Å². The summed E-state index contributed by atoms with van der Waals surface area (Å²) in [7, 11) is 1.81. The first-order chi connectivity index (χ1) is 16.7. The number of rotatable bonds is 8. The van der Waals surface area contributed by atoms with Crippen molar-refractivity contribution in [3.8, 4) is 0 Å². The molecule has 8 nitrogen and oxygen atoms in total. The number of thioether (sulfide) groups is 1. The van der Waals surface area contributed by atoms with Gasteiger partial charge in [-0.2, -0.15) is 0 Å². The maximum absolute atomic E-state index is 12.9. The van der Waals surface area contributed by atoms with Crippen molar-refractivity contribution in [2.75, 3.05) is 11.1 Å². The van der Waals surface area contributed by atoms with Crippen LogP contribution >= 0.6 is 46.3 Å². The van der Waals surface area contributed by atoms with Gasteiger partial charge < -0.3 is 15.2 Å². The Morgan fingerprint density at radius 1 is 1.14 bits per heavy atom. The van der Waals surface area contributed by atoms with Crippen LogP contribution in [0.4, 0.5) is 5.13 Å². The number of benzene rings is 2. The number of nitrogens with zero attached hydrogens (tertiary/aromatic N) is 4. The predicted octanol–water partition coefficient (Wildman–Crippen LogP) is 5.59. The molecule has 2 N–H and O–H groups in total. The number of thiazole rings is 1. The van der Waals surface area contributed by atoms with Crippen molar-refractivity contribution in [2.24, 2.45) is 13.0 Å². The second-order valence-corrected chi connectivity index (χ2v) is 10.9. The SMILES string of the molecule is CC(C)[C@H](NC(=O)c1ccc(Cl)cc1Cl)c1nnc(SCC(=O)Nc2nc3ccccc3s2)n1C. The third-order valence-corrected chi connectivity index (χ3v) is 7.67. The highest BCUT2D eigenvalue weighted by Gasteiger charge is 2.26. The highest BCUT2D eigenvalue weighted by molar-refractivity contribution is 7.99. The number of para-hydroxylation sites is 1. The van der Waals surface area contributed by atoms with Gasteiger partial charge in [0.2, 0.25) is 5.91 Å². The van der Waals surface area contributed by atoms with Gasteiger partial charge in [0.05, 0.1) is 32.6 Å². The first kappa shape index (κ1) is 25.4. The van der Waals surface area contributed by atoms with Gasteiger partial charge in [-0.15, -0.1) is 10.2 Å². The van der Waals surface area contributed by atoms with Crippen molar-refractivity contribution in [1.29, 1.82) is 0 Å². The topological polar surface area (TPSA) is 102 Å². The Balaban J connectivity index is 1.42. The van der Waals surface area contributed by atoms with Gasteiger partial charge in [0.15, 0.2) is 16.1 Å². The van der Waals surface area contributed by atoms with Crippen LogP contribution in [0.25, 0.3) is 10.2 Å². The molecule has 2 aromatic heterocycles. The lowest BCUT2D eigenvalue weighted by molar-refractivity contribution is -0.113. The second kappa shape index (κ2) is 10.9. The molecule has 1 atom stereocenters.